The number of nitrogens with one attached hydrogen (secondary N) is 2. The van der Waals surface area contributed by atoms with E-state index in [1.165, 1.54) is 6.21 Å². The molecule has 27 heavy (non-hydrogen) atoms. The van der Waals surface area contributed by atoms with Gasteiger partial charge >= 0.3 is 0 Å². The van der Waals surface area contributed by atoms with Crippen LogP contribution in [0.5, 0.6) is 5.75 Å². The Morgan fingerprint density at radius 1 is 1.07 bits per heavy atom. The van der Waals surface area contributed by atoms with Gasteiger partial charge < -0.3 is 10.1 Å². The van der Waals surface area contributed by atoms with E-state index >= 15 is 0 Å². The monoisotopic (exact) mass is 365 g/mol. The Bertz CT molecular complexity index is 788. The van der Waals surface area contributed by atoms with Crippen LogP contribution in [0.2, 0.25) is 0 Å². The maximum atomic E-state index is 11.8. The lowest BCUT2D eigenvalue weighted by Gasteiger charge is -2.05. The minimum absolute atomic E-state index is 0.269. The molecule has 0 radical (unpaired) electrons. The molecular weight excluding hydrogens is 342 g/mol. The van der Waals surface area contributed by atoms with Crippen molar-refractivity contribution in [3.63, 3.8) is 0 Å². The number of ether oxygens (including phenoxy) is 1. The van der Waals surface area contributed by atoms with Crippen molar-refractivity contribution < 1.29 is 14.3 Å². The zero-order chi connectivity index (χ0) is 19.3. The Kier molecular flexibility index (Phi) is 8.30. The van der Waals surface area contributed by atoms with Gasteiger partial charge in [0.25, 0.3) is 0 Å². The average Bonchev–Trinajstić information content (AvgIpc) is 2.67. The standard InChI is InChI=1S/C21H23N3O3/c1-2-13-27-19-10-6-9-18(14-19)16-23-24-21(26)15-20(25)22-12-11-17-7-4-3-5-8-17/h2-10,14,16H,1,11-13,15H2,(H,22,25)(H,24,26)/b23-16-. The predicted octanol–water partition coefficient (Wildman–Crippen LogP) is 2.45. The fourth-order valence-electron chi connectivity index (χ4n) is 2.26. The predicted molar refractivity (Wildman–Crippen MR) is 106 cm³/mol. The van der Waals surface area contributed by atoms with Gasteiger partial charge in [0, 0.05) is 6.54 Å². The fourth-order valence-corrected chi connectivity index (χ4v) is 2.26. The van der Waals surface area contributed by atoms with Crippen molar-refractivity contribution in [1.82, 2.24) is 10.7 Å². The number of amides is 2. The van der Waals surface area contributed by atoms with Gasteiger partial charge in [-0.3, -0.25) is 9.59 Å². The molecular formula is C21H23N3O3. The lowest BCUT2D eigenvalue weighted by Crippen LogP contribution is -2.31. The van der Waals surface area contributed by atoms with E-state index in [4.69, 9.17) is 4.74 Å². The van der Waals surface area contributed by atoms with Crippen molar-refractivity contribution in [3.8, 4) is 5.75 Å². The SMILES string of the molecule is C=CCOc1cccc(/C=N\NC(=O)CC(=O)NCCc2ccccc2)c1. The second-order valence-electron chi connectivity index (χ2n) is 5.73. The molecule has 2 N–H and O–H groups in total. The number of carbonyl (C=O) groups excluding carboxylic acids is 2. The molecule has 140 valence electrons. The van der Waals surface area contributed by atoms with Gasteiger partial charge in [0.2, 0.25) is 11.8 Å². The number of hydrazone groups is 1. The molecule has 2 rings (SSSR count). The molecule has 6 heteroatoms. The van der Waals surface area contributed by atoms with E-state index in [0.717, 1.165) is 17.5 Å². The number of rotatable bonds is 10. The molecule has 0 saturated carbocycles. The highest BCUT2D eigenvalue weighted by Crippen LogP contribution is 2.11. The molecule has 0 aliphatic rings. The van der Waals surface area contributed by atoms with Crippen molar-refractivity contribution in [2.45, 2.75) is 12.8 Å². The number of benzene rings is 2. The third-order valence-electron chi connectivity index (χ3n) is 3.53. The van der Waals surface area contributed by atoms with E-state index < -0.39 is 5.91 Å². The minimum Gasteiger partial charge on any atom is -0.490 e. The maximum absolute atomic E-state index is 11.8. The van der Waals surface area contributed by atoms with E-state index in [-0.39, 0.29) is 12.3 Å². The molecule has 0 aliphatic carbocycles. The zero-order valence-electron chi connectivity index (χ0n) is 15.1. The summed E-state index contributed by atoms with van der Waals surface area (Å²) in [5.41, 5.74) is 4.24. The van der Waals surface area contributed by atoms with Gasteiger partial charge in [-0.05, 0) is 29.7 Å². The molecule has 2 aromatic rings. The van der Waals surface area contributed by atoms with Crippen LogP contribution in [-0.4, -0.2) is 31.2 Å². The summed E-state index contributed by atoms with van der Waals surface area (Å²) in [6.07, 6.45) is 3.60. The summed E-state index contributed by atoms with van der Waals surface area (Å²) in [4.78, 5) is 23.5. The van der Waals surface area contributed by atoms with Crippen LogP contribution in [-0.2, 0) is 16.0 Å². The summed E-state index contributed by atoms with van der Waals surface area (Å²) in [6, 6.07) is 17.1. The van der Waals surface area contributed by atoms with Crippen molar-refractivity contribution in [3.05, 3.63) is 78.4 Å². The van der Waals surface area contributed by atoms with Crippen LogP contribution in [0.3, 0.4) is 0 Å². The average molecular weight is 365 g/mol. The Morgan fingerprint density at radius 2 is 1.89 bits per heavy atom. The molecule has 0 fully saturated rings. The van der Waals surface area contributed by atoms with Crippen molar-refractivity contribution in [1.29, 1.82) is 0 Å². The number of hydrogen-bond acceptors (Lipinski definition) is 4. The first-order valence-electron chi connectivity index (χ1n) is 8.63. The number of hydrogen-bond donors (Lipinski definition) is 2. The maximum Gasteiger partial charge on any atom is 0.249 e. The molecule has 0 bridgehead atoms. The van der Waals surface area contributed by atoms with E-state index in [1.54, 1.807) is 12.1 Å². The summed E-state index contributed by atoms with van der Waals surface area (Å²) in [5, 5.41) is 6.58. The van der Waals surface area contributed by atoms with Crippen LogP contribution in [0.4, 0.5) is 0 Å². The van der Waals surface area contributed by atoms with Crippen LogP contribution in [0.25, 0.3) is 0 Å². The van der Waals surface area contributed by atoms with Gasteiger partial charge in [0.1, 0.15) is 18.8 Å². The topological polar surface area (TPSA) is 79.8 Å². The number of carbonyl (C=O) groups is 2. The van der Waals surface area contributed by atoms with Gasteiger partial charge in [0.05, 0.1) is 6.21 Å². The summed E-state index contributed by atoms with van der Waals surface area (Å²) in [5.74, 6) is -0.121. The summed E-state index contributed by atoms with van der Waals surface area (Å²) >= 11 is 0. The van der Waals surface area contributed by atoms with Gasteiger partial charge in [-0.15, -0.1) is 0 Å². The third kappa shape index (κ3) is 8.00. The lowest BCUT2D eigenvalue weighted by atomic mass is 10.1. The summed E-state index contributed by atoms with van der Waals surface area (Å²) in [7, 11) is 0. The molecule has 0 aromatic heterocycles. The second kappa shape index (κ2) is 11.3. The van der Waals surface area contributed by atoms with Crippen molar-refractivity contribution in [2.75, 3.05) is 13.2 Å². The molecule has 0 atom stereocenters. The first-order valence-corrected chi connectivity index (χ1v) is 8.63. The Morgan fingerprint density at radius 3 is 2.67 bits per heavy atom. The molecule has 0 heterocycles. The quantitative estimate of drug-likeness (QED) is 0.294. The molecule has 0 aliphatic heterocycles. The van der Waals surface area contributed by atoms with Crippen molar-refractivity contribution >= 4 is 18.0 Å². The summed E-state index contributed by atoms with van der Waals surface area (Å²) < 4.78 is 5.43. The number of nitrogens with zero attached hydrogens (tertiary/aromatic N) is 1. The first kappa shape index (κ1) is 19.9. The highest BCUT2D eigenvalue weighted by Gasteiger charge is 2.07. The summed E-state index contributed by atoms with van der Waals surface area (Å²) in [6.45, 7) is 4.49. The molecule has 0 unspecified atom stereocenters. The molecule has 2 aromatic carbocycles. The normalized spacial score (nSPS) is 10.4. The van der Waals surface area contributed by atoms with Crippen LogP contribution in [0, 0.1) is 0 Å². The Balaban J connectivity index is 1.69. The van der Waals surface area contributed by atoms with Crippen LogP contribution < -0.4 is 15.5 Å². The Labute approximate surface area is 158 Å². The molecule has 6 nitrogen and oxygen atoms in total. The first-order chi connectivity index (χ1) is 13.2. The van der Waals surface area contributed by atoms with Gasteiger partial charge in [0.15, 0.2) is 0 Å². The van der Waals surface area contributed by atoms with E-state index in [2.05, 4.69) is 22.4 Å². The third-order valence-corrected chi connectivity index (χ3v) is 3.53. The second-order valence-corrected chi connectivity index (χ2v) is 5.73. The van der Waals surface area contributed by atoms with Crippen LogP contribution in [0.1, 0.15) is 17.5 Å². The van der Waals surface area contributed by atoms with Gasteiger partial charge in [-0.25, -0.2) is 5.43 Å². The molecule has 2 amide bonds. The highest BCUT2D eigenvalue weighted by atomic mass is 16.5. The Hall–Kier alpha value is -3.41. The fraction of sp³-hybridized carbons (Fsp3) is 0.190. The zero-order valence-corrected chi connectivity index (χ0v) is 15.1. The minimum atomic E-state index is -0.470. The smallest absolute Gasteiger partial charge is 0.249 e. The largest absolute Gasteiger partial charge is 0.490 e. The molecule has 0 saturated heterocycles. The van der Waals surface area contributed by atoms with E-state index in [9.17, 15) is 9.59 Å². The van der Waals surface area contributed by atoms with Gasteiger partial charge in [-0.1, -0.05) is 55.1 Å². The van der Waals surface area contributed by atoms with E-state index in [0.29, 0.717) is 18.9 Å². The van der Waals surface area contributed by atoms with Crippen molar-refractivity contribution in [2.24, 2.45) is 5.10 Å². The molecule has 0 spiro atoms. The van der Waals surface area contributed by atoms with E-state index in [1.807, 2.05) is 48.5 Å². The lowest BCUT2D eigenvalue weighted by molar-refractivity contribution is -0.129. The van der Waals surface area contributed by atoms with Crippen LogP contribution >= 0.6 is 0 Å². The highest BCUT2D eigenvalue weighted by molar-refractivity contribution is 5.97. The van der Waals surface area contributed by atoms with Gasteiger partial charge in [-0.2, -0.15) is 5.10 Å². The van der Waals surface area contributed by atoms with Crippen LogP contribution in [0.15, 0.2) is 72.4 Å².